The standard InChI is InChI=1S/C25H30N2O4/c1-26(14-12-18-10-11-22(29-2)23(15-18)30-3)20-8-6-13-27(17-20)25(28)24-16-19-7-4-5-9-21(19)31-24/h4-5,7,9-11,15-16,20H,6,8,12-14,17H2,1-3H3. The van der Waals surface area contributed by atoms with E-state index in [-0.39, 0.29) is 5.91 Å². The highest BCUT2D eigenvalue weighted by atomic mass is 16.5. The molecule has 2 heterocycles. The second kappa shape index (κ2) is 9.43. The predicted molar refractivity (Wildman–Crippen MR) is 121 cm³/mol. The summed E-state index contributed by atoms with van der Waals surface area (Å²) >= 11 is 0. The van der Waals surface area contributed by atoms with Crippen molar-refractivity contribution in [3.63, 3.8) is 0 Å². The molecule has 3 aromatic rings. The Labute approximate surface area is 183 Å². The molecule has 2 aromatic carbocycles. The number of rotatable bonds is 7. The lowest BCUT2D eigenvalue weighted by molar-refractivity contribution is 0.0583. The summed E-state index contributed by atoms with van der Waals surface area (Å²) in [7, 11) is 5.44. The van der Waals surface area contributed by atoms with Crippen molar-refractivity contribution in [3.05, 3.63) is 59.9 Å². The predicted octanol–water partition coefficient (Wildman–Crippen LogP) is 4.23. The van der Waals surface area contributed by atoms with Crippen molar-refractivity contribution >= 4 is 16.9 Å². The van der Waals surface area contributed by atoms with Crippen LogP contribution in [0.1, 0.15) is 29.0 Å². The smallest absolute Gasteiger partial charge is 0.289 e. The summed E-state index contributed by atoms with van der Waals surface area (Å²) in [5.41, 5.74) is 1.96. The van der Waals surface area contributed by atoms with E-state index in [1.54, 1.807) is 14.2 Å². The number of amides is 1. The summed E-state index contributed by atoms with van der Waals surface area (Å²) in [5, 5.41) is 0.964. The van der Waals surface area contributed by atoms with Crippen LogP contribution in [0, 0.1) is 0 Å². The highest BCUT2D eigenvalue weighted by Crippen LogP contribution is 2.28. The molecule has 1 aliphatic heterocycles. The van der Waals surface area contributed by atoms with Crippen LogP contribution in [0.4, 0.5) is 0 Å². The number of benzene rings is 2. The third-order valence-electron chi connectivity index (χ3n) is 6.14. The maximum Gasteiger partial charge on any atom is 0.289 e. The van der Waals surface area contributed by atoms with Crippen molar-refractivity contribution in [1.82, 2.24) is 9.80 Å². The maximum absolute atomic E-state index is 13.0. The molecule has 0 bridgehead atoms. The minimum Gasteiger partial charge on any atom is -0.493 e. The second-order valence-corrected chi connectivity index (χ2v) is 8.12. The SMILES string of the molecule is COc1ccc(CCN(C)C2CCCN(C(=O)c3cc4ccccc4o3)C2)cc1OC. The van der Waals surface area contributed by atoms with Crippen LogP contribution in [-0.4, -0.2) is 62.7 Å². The molecular weight excluding hydrogens is 392 g/mol. The number of likely N-dealkylation sites (N-methyl/N-ethyl adjacent to an activating group) is 1. The van der Waals surface area contributed by atoms with Gasteiger partial charge in [-0.15, -0.1) is 0 Å². The first-order valence-corrected chi connectivity index (χ1v) is 10.8. The molecule has 31 heavy (non-hydrogen) atoms. The van der Waals surface area contributed by atoms with Gasteiger partial charge in [0, 0.05) is 31.1 Å². The van der Waals surface area contributed by atoms with Gasteiger partial charge in [-0.25, -0.2) is 0 Å². The van der Waals surface area contributed by atoms with E-state index in [1.807, 2.05) is 47.4 Å². The Hall–Kier alpha value is -2.99. The molecule has 6 heteroatoms. The molecule has 0 spiro atoms. The van der Waals surface area contributed by atoms with E-state index in [2.05, 4.69) is 18.0 Å². The Balaban J connectivity index is 1.37. The van der Waals surface area contributed by atoms with Crippen molar-refractivity contribution in [1.29, 1.82) is 0 Å². The molecule has 0 radical (unpaired) electrons. The minimum atomic E-state index is -0.0193. The molecule has 0 N–H and O–H groups in total. The molecular formula is C25H30N2O4. The van der Waals surface area contributed by atoms with Crippen LogP contribution in [0.25, 0.3) is 11.0 Å². The zero-order valence-electron chi connectivity index (χ0n) is 18.5. The molecule has 0 saturated carbocycles. The number of para-hydroxylation sites is 1. The molecule has 1 unspecified atom stereocenters. The lowest BCUT2D eigenvalue weighted by Gasteiger charge is -2.37. The van der Waals surface area contributed by atoms with Crippen molar-refractivity contribution in [2.45, 2.75) is 25.3 Å². The summed E-state index contributed by atoms with van der Waals surface area (Å²) in [6, 6.07) is 16.0. The highest BCUT2D eigenvalue weighted by molar-refractivity contribution is 5.96. The number of carbonyl (C=O) groups excluding carboxylic acids is 1. The number of hydrogen-bond donors (Lipinski definition) is 0. The topological polar surface area (TPSA) is 55.2 Å². The Kier molecular flexibility index (Phi) is 6.47. The summed E-state index contributed by atoms with van der Waals surface area (Å²) < 4.78 is 16.5. The zero-order valence-corrected chi connectivity index (χ0v) is 18.5. The number of fused-ring (bicyclic) bond motifs is 1. The van der Waals surface area contributed by atoms with Gasteiger partial charge in [-0.3, -0.25) is 4.79 Å². The van der Waals surface area contributed by atoms with Crippen molar-refractivity contribution < 1.29 is 18.7 Å². The fourth-order valence-corrected chi connectivity index (χ4v) is 4.27. The van der Waals surface area contributed by atoms with Gasteiger partial charge in [-0.1, -0.05) is 24.3 Å². The normalized spacial score (nSPS) is 16.6. The number of likely N-dealkylation sites (tertiary alicyclic amines) is 1. The van der Waals surface area contributed by atoms with Crippen LogP contribution in [0.2, 0.25) is 0 Å². The summed E-state index contributed by atoms with van der Waals surface area (Å²) in [6.07, 6.45) is 2.99. The van der Waals surface area contributed by atoms with Gasteiger partial charge in [0.2, 0.25) is 0 Å². The van der Waals surface area contributed by atoms with Gasteiger partial charge in [-0.2, -0.15) is 0 Å². The third-order valence-corrected chi connectivity index (χ3v) is 6.14. The molecule has 6 nitrogen and oxygen atoms in total. The molecule has 1 saturated heterocycles. The van der Waals surface area contributed by atoms with Gasteiger partial charge >= 0.3 is 0 Å². The van der Waals surface area contributed by atoms with E-state index in [4.69, 9.17) is 13.9 Å². The van der Waals surface area contributed by atoms with Crippen LogP contribution >= 0.6 is 0 Å². The number of ether oxygens (including phenoxy) is 2. The van der Waals surface area contributed by atoms with E-state index in [9.17, 15) is 4.79 Å². The molecule has 1 aromatic heterocycles. The van der Waals surface area contributed by atoms with E-state index in [0.717, 1.165) is 61.4 Å². The number of piperidine rings is 1. The number of nitrogens with zero attached hydrogens (tertiary/aromatic N) is 2. The number of furan rings is 1. The van der Waals surface area contributed by atoms with Crippen LogP contribution in [0.15, 0.2) is 52.9 Å². The number of carbonyl (C=O) groups is 1. The maximum atomic E-state index is 13.0. The first kappa shape index (κ1) is 21.2. The van der Waals surface area contributed by atoms with E-state index >= 15 is 0 Å². The minimum absolute atomic E-state index is 0.0193. The summed E-state index contributed by atoms with van der Waals surface area (Å²) in [5.74, 6) is 1.90. The number of hydrogen-bond acceptors (Lipinski definition) is 5. The van der Waals surface area contributed by atoms with Crippen molar-refractivity contribution in [2.75, 3.05) is 40.9 Å². The quantitative estimate of drug-likeness (QED) is 0.570. The number of methoxy groups -OCH3 is 2. The first-order chi connectivity index (χ1) is 15.1. The van der Waals surface area contributed by atoms with Gasteiger partial charge in [0.1, 0.15) is 5.58 Å². The second-order valence-electron chi connectivity index (χ2n) is 8.12. The summed E-state index contributed by atoms with van der Waals surface area (Å²) in [4.78, 5) is 17.3. The molecule has 0 aliphatic carbocycles. The van der Waals surface area contributed by atoms with E-state index < -0.39 is 0 Å². The fraction of sp³-hybridized carbons (Fsp3) is 0.400. The monoisotopic (exact) mass is 422 g/mol. The van der Waals surface area contributed by atoms with Gasteiger partial charge in [-0.05, 0) is 56.1 Å². The first-order valence-electron chi connectivity index (χ1n) is 10.8. The average Bonchev–Trinajstić information content (AvgIpc) is 3.26. The van der Waals surface area contributed by atoms with Crippen LogP contribution in [0.3, 0.4) is 0 Å². The molecule has 1 atom stereocenters. The molecule has 4 rings (SSSR count). The highest BCUT2D eigenvalue weighted by Gasteiger charge is 2.28. The van der Waals surface area contributed by atoms with Crippen LogP contribution in [-0.2, 0) is 6.42 Å². The Morgan fingerprint density at radius 1 is 1.13 bits per heavy atom. The third kappa shape index (κ3) is 4.69. The van der Waals surface area contributed by atoms with E-state index in [0.29, 0.717) is 11.8 Å². The molecule has 1 amide bonds. The van der Waals surface area contributed by atoms with Gasteiger partial charge in [0.05, 0.1) is 14.2 Å². The Bertz CT molecular complexity index is 1010. The van der Waals surface area contributed by atoms with E-state index in [1.165, 1.54) is 5.56 Å². The van der Waals surface area contributed by atoms with Crippen LogP contribution < -0.4 is 9.47 Å². The van der Waals surface area contributed by atoms with Crippen LogP contribution in [0.5, 0.6) is 11.5 Å². The molecule has 164 valence electrons. The molecule has 1 aliphatic rings. The molecule has 1 fully saturated rings. The van der Waals surface area contributed by atoms with Crippen molar-refractivity contribution in [3.8, 4) is 11.5 Å². The van der Waals surface area contributed by atoms with Gasteiger partial charge in [0.15, 0.2) is 17.3 Å². The lowest BCUT2D eigenvalue weighted by atomic mass is 10.0. The Morgan fingerprint density at radius 2 is 1.94 bits per heavy atom. The van der Waals surface area contributed by atoms with Gasteiger partial charge in [0.25, 0.3) is 5.91 Å². The summed E-state index contributed by atoms with van der Waals surface area (Å²) in [6.45, 7) is 2.40. The Morgan fingerprint density at radius 3 is 2.71 bits per heavy atom. The van der Waals surface area contributed by atoms with Gasteiger partial charge < -0.3 is 23.7 Å². The van der Waals surface area contributed by atoms with Crippen molar-refractivity contribution in [2.24, 2.45) is 0 Å². The zero-order chi connectivity index (χ0) is 21.8. The largest absolute Gasteiger partial charge is 0.493 e. The fourth-order valence-electron chi connectivity index (χ4n) is 4.27. The lowest BCUT2D eigenvalue weighted by Crippen LogP contribution is -2.49. The average molecular weight is 423 g/mol.